The third kappa shape index (κ3) is 5.92. The second-order valence-corrected chi connectivity index (χ2v) is 9.11. The number of rotatable bonds is 7. The van der Waals surface area contributed by atoms with Crippen LogP contribution in [0.4, 0.5) is 0 Å². The van der Waals surface area contributed by atoms with Crippen molar-refractivity contribution < 1.29 is 9.47 Å². The van der Waals surface area contributed by atoms with Crippen molar-refractivity contribution in [2.75, 3.05) is 33.3 Å². The Kier molecular flexibility index (Phi) is 7.70. The zero-order valence-corrected chi connectivity index (χ0v) is 19.4. The number of aliphatic imine (C=N–C) groups is 1. The number of methoxy groups -OCH3 is 1. The van der Waals surface area contributed by atoms with E-state index in [0.29, 0.717) is 6.61 Å². The summed E-state index contributed by atoms with van der Waals surface area (Å²) in [5.74, 6) is 2.66. The minimum atomic E-state index is -0.0324. The second kappa shape index (κ2) is 10.1. The molecule has 3 unspecified atom stereocenters. The van der Waals surface area contributed by atoms with Gasteiger partial charge in [0.15, 0.2) is 11.8 Å². The molecule has 3 rings (SSSR count). The highest BCUT2D eigenvalue weighted by Gasteiger charge is 2.33. The number of morpholine rings is 1. The zero-order valence-electron chi connectivity index (χ0n) is 19.4. The summed E-state index contributed by atoms with van der Waals surface area (Å²) < 4.78 is 13.1. The molecule has 2 aliphatic heterocycles. The predicted molar refractivity (Wildman–Crippen MR) is 118 cm³/mol. The normalized spacial score (nSPS) is 25.8. The summed E-state index contributed by atoms with van der Waals surface area (Å²) in [5.41, 5.74) is -0.0324. The van der Waals surface area contributed by atoms with Crippen LogP contribution in [0.3, 0.4) is 0 Å². The molecule has 0 aliphatic carbocycles. The smallest absolute Gasteiger partial charge is 0.191 e. The van der Waals surface area contributed by atoms with Gasteiger partial charge in [-0.05, 0) is 41.0 Å². The van der Waals surface area contributed by atoms with Crippen molar-refractivity contribution in [3.05, 3.63) is 11.6 Å². The van der Waals surface area contributed by atoms with Crippen LogP contribution in [0.5, 0.6) is 0 Å². The number of nitrogens with zero attached hydrogens (tertiary/aromatic N) is 5. The van der Waals surface area contributed by atoms with E-state index in [2.05, 4.69) is 60.2 Å². The van der Waals surface area contributed by atoms with Gasteiger partial charge >= 0.3 is 0 Å². The number of aryl methyl sites for hydroxylation is 1. The molecule has 0 saturated carbocycles. The Hall–Kier alpha value is -1.71. The Morgan fingerprint density at radius 1 is 1.27 bits per heavy atom. The van der Waals surface area contributed by atoms with Gasteiger partial charge in [-0.25, -0.2) is 9.67 Å². The van der Waals surface area contributed by atoms with Gasteiger partial charge in [0.05, 0.1) is 25.3 Å². The molecule has 170 valence electrons. The molecule has 30 heavy (non-hydrogen) atoms. The largest absolute Gasteiger partial charge is 0.377 e. The second-order valence-electron chi connectivity index (χ2n) is 9.11. The van der Waals surface area contributed by atoms with Crippen LogP contribution in [0.25, 0.3) is 0 Å². The summed E-state index contributed by atoms with van der Waals surface area (Å²) in [4.78, 5) is 12.0. The number of fused-ring (bicyclic) bond motifs is 1. The van der Waals surface area contributed by atoms with E-state index < -0.39 is 0 Å². The van der Waals surface area contributed by atoms with Gasteiger partial charge in [0, 0.05) is 44.7 Å². The monoisotopic (exact) mass is 421 g/mol. The summed E-state index contributed by atoms with van der Waals surface area (Å²) >= 11 is 0. The topological polar surface area (TPSA) is 88.8 Å². The van der Waals surface area contributed by atoms with Crippen LogP contribution in [-0.4, -0.2) is 82.7 Å². The highest BCUT2D eigenvalue weighted by Crippen LogP contribution is 2.21. The molecule has 9 nitrogen and oxygen atoms in total. The van der Waals surface area contributed by atoms with Crippen LogP contribution < -0.4 is 10.6 Å². The van der Waals surface area contributed by atoms with E-state index in [0.717, 1.165) is 63.2 Å². The predicted octanol–water partition coefficient (Wildman–Crippen LogP) is 1.18. The minimum Gasteiger partial charge on any atom is -0.377 e. The molecule has 0 spiro atoms. The lowest BCUT2D eigenvalue weighted by molar-refractivity contribution is -0.0939. The van der Waals surface area contributed by atoms with Gasteiger partial charge in [-0.1, -0.05) is 0 Å². The van der Waals surface area contributed by atoms with E-state index >= 15 is 0 Å². The van der Waals surface area contributed by atoms with Crippen LogP contribution in [0.1, 0.15) is 52.7 Å². The van der Waals surface area contributed by atoms with E-state index in [1.165, 1.54) is 0 Å². The standard InChI is InChI=1S/C21H39N7O2/c1-7-22-20(23-14-21(4,5)27-10-15(2)30-16(3)11-27)24-17-8-9-19-25-18(13-29-6)26-28(19)12-17/h15-17H,7-14H2,1-6H3,(H2,22,23,24). The molecule has 2 aliphatic rings. The SMILES string of the molecule is CCNC(=NCC(C)(C)N1CC(C)OC(C)C1)NC1CCc2nc(COC)nn2C1. The number of ether oxygens (including phenoxy) is 2. The van der Waals surface area contributed by atoms with Gasteiger partial charge in [-0.2, -0.15) is 5.10 Å². The summed E-state index contributed by atoms with van der Waals surface area (Å²) in [5, 5.41) is 11.6. The van der Waals surface area contributed by atoms with E-state index in [4.69, 9.17) is 14.5 Å². The van der Waals surface area contributed by atoms with Crippen molar-refractivity contribution in [2.45, 2.75) is 84.4 Å². The van der Waals surface area contributed by atoms with Gasteiger partial charge in [-0.3, -0.25) is 9.89 Å². The highest BCUT2D eigenvalue weighted by atomic mass is 16.5. The minimum absolute atomic E-state index is 0.0324. The lowest BCUT2D eigenvalue weighted by Gasteiger charge is -2.44. The molecule has 3 heterocycles. The highest BCUT2D eigenvalue weighted by molar-refractivity contribution is 5.80. The molecule has 1 aromatic rings. The van der Waals surface area contributed by atoms with E-state index in [-0.39, 0.29) is 23.8 Å². The lowest BCUT2D eigenvalue weighted by atomic mass is 10.0. The van der Waals surface area contributed by atoms with Crippen molar-refractivity contribution in [1.29, 1.82) is 0 Å². The number of guanidine groups is 1. The summed E-state index contributed by atoms with van der Waals surface area (Å²) in [6.07, 6.45) is 2.43. The average Bonchev–Trinajstić information content (AvgIpc) is 3.07. The Morgan fingerprint density at radius 2 is 2.00 bits per heavy atom. The van der Waals surface area contributed by atoms with Crippen molar-refractivity contribution in [3.63, 3.8) is 0 Å². The van der Waals surface area contributed by atoms with E-state index in [9.17, 15) is 0 Å². The van der Waals surface area contributed by atoms with Crippen molar-refractivity contribution in [3.8, 4) is 0 Å². The lowest BCUT2D eigenvalue weighted by Crippen LogP contribution is -2.56. The Balaban J connectivity index is 1.61. The maximum atomic E-state index is 5.90. The molecule has 0 bridgehead atoms. The maximum Gasteiger partial charge on any atom is 0.191 e. The Morgan fingerprint density at radius 3 is 2.67 bits per heavy atom. The molecule has 0 radical (unpaired) electrons. The van der Waals surface area contributed by atoms with Gasteiger partial charge in [0.2, 0.25) is 0 Å². The van der Waals surface area contributed by atoms with E-state index in [1.807, 2.05) is 4.68 Å². The molecule has 1 fully saturated rings. The van der Waals surface area contributed by atoms with Gasteiger partial charge in [-0.15, -0.1) is 0 Å². The molecule has 3 atom stereocenters. The quantitative estimate of drug-likeness (QED) is 0.505. The fourth-order valence-corrected chi connectivity index (χ4v) is 4.23. The maximum absolute atomic E-state index is 5.90. The van der Waals surface area contributed by atoms with Crippen molar-refractivity contribution in [1.82, 2.24) is 30.3 Å². The molecule has 1 aromatic heterocycles. The fraction of sp³-hybridized carbons (Fsp3) is 0.857. The summed E-state index contributed by atoms with van der Waals surface area (Å²) in [7, 11) is 1.67. The first-order valence-electron chi connectivity index (χ1n) is 11.2. The number of aromatic nitrogens is 3. The summed E-state index contributed by atoms with van der Waals surface area (Å²) in [6.45, 7) is 15.6. The molecule has 2 N–H and O–H groups in total. The first-order valence-corrected chi connectivity index (χ1v) is 11.2. The van der Waals surface area contributed by atoms with Gasteiger partial charge in [0.1, 0.15) is 12.4 Å². The molecule has 9 heteroatoms. The number of hydrogen-bond acceptors (Lipinski definition) is 6. The fourth-order valence-electron chi connectivity index (χ4n) is 4.23. The Bertz CT molecular complexity index is 708. The van der Waals surface area contributed by atoms with Crippen LogP contribution in [0.2, 0.25) is 0 Å². The van der Waals surface area contributed by atoms with Crippen LogP contribution in [0.15, 0.2) is 4.99 Å². The first-order chi connectivity index (χ1) is 14.3. The molecule has 0 amide bonds. The third-order valence-corrected chi connectivity index (χ3v) is 5.76. The van der Waals surface area contributed by atoms with Gasteiger partial charge < -0.3 is 20.1 Å². The molecular weight excluding hydrogens is 382 g/mol. The third-order valence-electron chi connectivity index (χ3n) is 5.76. The van der Waals surface area contributed by atoms with Crippen molar-refractivity contribution >= 4 is 5.96 Å². The number of hydrogen-bond donors (Lipinski definition) is 2. The Labute approximate surface area is 180 Å². The first kappa shape index (κ1) is 23.0. The average molecular weight is 422 g/mol. The molecule has 1 saturated heterocycles. The zero-order chi connectivity index (χ0) is 21.7. The summed E-state index contributed by atoms with van der Waals surface area (Å²) in [6, 6.07) is 0.277. The molecular formula is C21H39N7O2. The van der Waals surface area contributed by atoms with Crippen LogP contribution >= 0.6 is 0 Å². The van der Waals surface area contributed by atoms with Crippen molar-refractivity contribution in [2.24, 2.45) is 4.99 Å². The van der Waals surface area contributed by atoms with Gasteiger partial charge in [0.25, 0.3) is 0 Å². The molecule has 0 aromatic carbocycles. The van der Waals surface area contributed by atoms with Crippen LogP contribution in [0, 0.1) is 0 Å². The van der Waals surface area contributed by atoms with E-state index in [1.54, 1.807) is 7.11 Å². The number of nitrogens with one attached hydrogen (secondary N) is 2. The van der Waals surface area contributed by atoms with Crippen LogP contribution in [-0.2, 0) is 29.0 Å².